The predicted molar refractivity (Wildman–Crippen MR) is 140 cm³/mol. The molecule has 7 heteroatoms. The number of halogens is 1. The SMILES string of the molecule is I.NC(=NCc1ccccc1CN1CCC(O)C1)Nc1cccc(Oc2ccccc2)c1. The maximum Gasteiger partial charge on any atom is 0.193 e. The number of hydrogen-bond acceptors (Lipinski definition) is 4. The maximum absolute atomic E-state index is 9.77. The Hall–Kier alpha value is -2.62. The Morgan fingerprint density at radius 3 is 2.47 bits per heavy atom. The number of β-amino-alcohol motifs (C(OH)–C–C–N with tert-alkyl or cyclic N) is 1. The summed E-state index contributed by atoms with van der Waals surface area (Å²) in [6.45, 7) is 2.95. The Labute approximate surface area is 206 Å². The highest BCUT2D eigenvalue weighted by molar-refractivity contribution is 14.0. The Kier molecular flexibility index (Phi) is 8.90. The van der Waals surface area contributed by atoms with Gasteiger partial charge in [0.25, 0.3) is 0 Å². The zero-order valence-corrected chi connectivity index (χ0v) is 20.2. The largest absolute Gasteiger partial charge is 0.457 e. The number of aliphatic hydroxyl groups excluding tert-OH is 1. The summed E-state index contributed by atoms with van der Waals surface area (Å²) in [4.78, 5) is 6.80. The number of nitrogens with one attached hydrogen (secondary N) is 1. The van der Waals surface area contributed by atoms with E-state index < -0.39 is 0 Å². The molecule has 0 radical (unpaired) electrons. The van der Waals surface area contributed by atoms with Crippen molar-refractivity contribution in [3.05, 3.63) is 90.0 Å². The molecule has 4 rings (SSSR count). The number of hydrogen-bond donors (Lipinski definition) is 3. The van der Waals surface area contributed by atoms with E-state index in [0.29, 0.717) is 12.5 Å². The molecule has 0 spiro atoms. The second-order valence-corrected chi connectivity index (χ2v) is 7.72. The number of anilines is 1. The molecule has 0 aliphatic carbocycles. The highest BCUT2D eigenvalue weighted by atomic mass is 127. The number of guanidine groups is 1. The molecule has 1 aliphatic rings. The number of para-hydroxylation sites is 1. The predicted octanol–water partition coefficient (Wildman–Crippen LogP) is 4.59. The van der Waals surface area contributed by atoms with Crippen LogP contribution in [0.3, 0.4) is 0 Å². The summed E-state index contributed by atoms with van der Waals surface area (Å²) in [6.07, 6.45) is 0.621. The minimum Gasteiger partial charge on any atom is -0.457 e. The van der Waals surface area contributed by atoms with Gasteiger partial charge in [-0.25, -0.2) is 4.99 Å². The molecule has 1 heterocycles. The van der Waals surface area contributed by atoms with Gasteiger partial charge < -0.3 is 20.9 Å². The lowest BCUT2D eigenvalue weighted by molar-refractivity contribution is 0.174. The molecule has 0 bridgehead atoms. The zero-order valence-electron chi connectivity index (χ0n) is 17.9. The van der Waals surface area contributed by atoms with Crippen LogP contribution < -0.4 is 15.8 Å². The van der Waals surface area contributed by atoms with Gasteiger partial charge in [-0.3, -0.25) is 4.90 Å². The van der Waals surface area contributed by atoms with E-state index in [1.807, 2.05) is 66.7 Å². The van der Waals surface area contributed by atoms with Crippen LogP contribution in [0.2, 0.25) is 0 Å². The summed E-state index contributed by atoms with van der Waals surface area (Å²) in [5.74, 6) is 1.86. The van der Waals surface area contributed by atoms with E-state index in [0.717, 1.165) is 48.8 Å². The summed E-state index contributed by atoms with van der Waals surface area (Å²) < 4.78 is 5.87. The number of rotatable bonds is 7. The van der Waals surface area contributed by atoms with E-state index in [1.54, 1.807) is 0 Å². The number of benzene rings is 3. The van der Waals surface area contributed by atoms with Crippen LogP contribution in [0.1, 0.15) is 17.5 Å². The second-order valence-electron chi connectivity index (χ2n) is 7.72. The van der Waals surface area contributed by atoms with Crippen LogP contribution in [-0.2, 0) is 13.1 Å². The number of nitrogens with two attached hydrogens (primary N) is 1. The normalized spacial score (nSPS) is 16.4. The first kappa shape index (κ1) is 24.0. The number of aliphatic hydroxyl groups is 1. The minimum atomic E-state index is -0.216. The molecular weight excluding hydrogens is 515 g/mol. The van der Waals surface area contributed by atoms with E-state index in [4.69, 9.17) is 10.5 Å². The van der Waals surface area contributed by atoms with Crippen molar-refractivity contribution in [2.24, 2.45) is 10.7 Å². The monoisotopic (exact) mass is 544 g/mol. The van der Waals surface area contributed by atoms with Crippen LogP contribution in [0.4, 0.5) is 5.69 Å². The number of aliphatic imine (C=N–C) groups is 1. The molecular formula is C25H29IN4O2. The van der Waals surface area contributed by atoms with E-state index in [9.17, 15) is 5.11 Å². The Morgan fingerprint density at radius 2 is 1.72 bits per heavy atom. The van der Waals surface area contributed by atoms with Gasteiger partial charge in [-0.05, 0) is 41.8 Å². The van der Waals surface area contributed by atoms with Crippen LogP contribution in [0.25, 0.3) is 0 Å². The first-order valence-electron chi connectivity index (χ1n) is 10.5. The third-order valence-corrected chi connectivity index (χ3v) is 5.26. The van der Waals surface area contributed by atoms with Crippen molar-refractivity contribution in [1.82, 2.24) is 4.90 Å². The van der Waals surface area contributed by atoms with E-state index >= 15 is 0 Å². The van der Waals surface area contributed by atoms with Gasteiger partial charge in [0.05, 0.1) is 12.6 Å². The highest BCUT2D eigenvalue weighted by Gasteiger charge is 2.20. The number of nitrogens with zero attached hydrogens (tertiary/aromatic N) is 2. The van der Waals surface area contributed by atoms with Crippen LogP contribution in [0.15, 0.2) is 83.9 Å². The van der Waals surface area contributed by atoms with Gasteiger partial charge in [0, 0.05) is 31.4 Å². The average Bonchev–Trinajstić information content (AvgIpc) is 3.19. The lowest BCUT2D eigenvalue weighted by atomic mass is 10.1. The fourth-order valence-corrected chi connectivity index (χ4v) is 3.68. The van der Waals surface area contributed by atoms with Crippen LogP contribution in [0.5, 0.6) is 11.5 Å². The second kappa shape index (κ2) is 11.8. The molecule has 1 aliphatic heterocycles. The Balaban J connectivity index is 0.00000289. The van der Waals surface area contributed by atoms with Gasteiger partial charge in [-0.2, -0.15) is 0 Å². The van der Waals surface area contributed by atoms with E-state index in [-0.39, 0.29) is 30.1 Å². The molecule has 0 saturated carbocycles. The van der Waals surface area contributed by atoms with Crippen molar-refractivity contribution in [1.29, 1.82) is 0 Å². The third-order valence-electron chi connectivity index (χ3n) is 5.26. The maximum atomic E-state index is 9.77. The minimum absolute atomic E-state index is 0. The smallest absolute Gasteiger partial charge is 0.193 e. The summed E-state index contributed by atoms with van der Waals surface area (Å²) in [5, 5.41) is 12.9. The Bertz CT molecular complexity index is 1030. The fourth-order valence-electron chi connectivity index (χ4n) is 3.68. The van der Waals surface area contributed by atoms with Crippen molar-refractivity contribution in [3.63, 3.8) is 0 Å². The van der Waals surface area contributed by atoms with Gasteiger partial charge in [-0.15, -0.1) is 24.0 Å². The van der Waals surface area contributed by atoms with E-state index in [1.165, 1.54) is 5.56 Å². The van der Waals surface area contributed by atoms with Gasteiger partial charge in [0.2, 0.25) is 0 Å². The molecule has 1 fully saturated rings. The van der Waals surface area contributed by atoms with Crippen molar-refractivity contribution in [2.75, 3.05) is 18.4 Å². The number of ether oxygens (including phenoxy) is 1. The molecule has 0 amide bonds. The summed E-state index contributed by atoms with van der Waals surface area (Å²) in [7, 11) is 0. The third kappa shape index (κ3) is 6.94. The molecule has 1 atom stereocenters. The standard InChI is InChI=1S/C25H28N4O2.HI/c26-25(28-21-9-6-12-24(15-21)31-23-10-2-1-3-11-23)27-16-19-7-4-5-8-20(19)17-29-14-13-22(30)18-29;/h1-12,15,22,30H,13-14,16-18H2,(H3,26,27,28);1H. The van der Waals surface area contributed by atoms with Crippen molar-refractivity contribution < 1.29 is 9.84 Å². The highest BCUT2D eigenvalue weighted by Crippen LogP contribution is 2.24. The molecule has 4 N–H and O–H groups in total. The van der Waals surface area contributed by atoms with Gasteiger partial charge in [-0.1, -0.05) is 48.5 Å². The molecule has 6 nitrogen and oxygen atoms in total. The lowest BCUT2D eigenvalue weighted by Crippen LogP contribution is -2.23. The topological polar surface area (TPSA) is 83.1 Å². The molecule has 1 unspecified atom stereocenters. The summed E-state index contributed by atoms with van der Waals surface area (Å²) in [6, 6.07) is 25.5. The first-order chi connectivity index (χ1) is 15.2. The van der Waals surface area contributed by atoms with Crippen molar-refractivity contribution in [2.45, 2.75) is 25.6 Å². The average molecular weight is 544 g/mol. The fraction of sp³-hybridized carbons (Fsp3) is 0.240. The summed E-state index contributed by atoms with van der Waals surface area (Å²) >= 11 is 0. The number of likely N-dealkylation sites (tertiary alicyclic amines) is 1. The van der Waals surface area contributed by atoms with Crippen molar-refractivity contribution >= 4 is 35.6 Å². The first-order valence-corrected chi connectivity index (χ1v) is 10.5. The molecule has 32 heavy (non-hydrogen) atoms. The van der Waals surface area contributed by atoms with Crippen LogP contribution in [0, 0.1) is 0 Å². The van der Waals surface area contributed by atoms with Gasteiger partial charge in [0.1, 0.15) is 11.5 Å². The quantitative estimate of drug-likeness (QED) is 0.230. The van der Waals surface area contributed by atoms with Crippen molar-refractivity contribution in [3.8, 4) is 11.5 Å². The zero-order chi connectivity index (χ0) is 21.5. The molecule has 0 aromatic heterocycles. The molecule has 168 valence electrons. The molecule has 1 saturated heterocycles. The molecule has 3 aromatic rings. The van der Waals surface area contributed by atoms with Gasteiger partial charge >= 0.3 is 0 Å². The van der Waals surface area contributed by atoms with Crippen LogP contribution >= 0.6 is 24.0 Å². The summed E-state index contributed by atoms with van der Waals surface area (Å²) in [5.41, 5.74) is 9.30. The Morgan fingerprint density at radius 1 is 1.00 bits per heavy atom. The van der Waals surface area contributed by atoms with Gasteiger partial charge in [0.15, 0.2) is 5.96 Å². The van der Waals surface area contributed by atoms with E-state index in [2.05, 4.69) is 27.3 Å². The van der Waals surface area contributed by atoms with Crippen LogP contribution in [-0.4, -0.2) is 35.2 Å². The lowest BCUT2D eigenvalue weighted by Gasteiger charge is -2.17. The molecule has 3 aromatic carbocycles.